The molecule has 0 aliphatic heterocycles. The third-order valence-corrected chi connectivity index (χ3v) is 4.64. The number of thiophene rings is 1. The maximum Gasteiger partial charge on any atom is 0.261 e. The highest BCUT2D eigenvalue weighted by Gasteiger charge is 2.13. The highest BCUT2D eigenvalue weighted by molar-refractivity contribution is 7.17. The summed E-state index contributed by atoms with van der Waals surface area (Å²) in [6, 6.07) is 9.65. The van der Waals surface area contributed by atoms with Crippen molar-refractivity contribution in [1.82, 2.24) is 10.6 Å². The van der Waals surface area contributed by atoms with Crippen molar-refractivity contribution in [3.05, 3.63) is 45.8 Å². The number of nitrogens with one attached hydrogen (secondary N) is 2. The van der Waals surface area contributed by atoms with Gasteiger partial charge in [0.2, 0.25) is 0 Å². The molecule has 0 spiro atoms. The number of amides is 1. The molecule has 3 nitrogen and oxygen atoms in total. The Balaban J connectivity index is 0.00000242. The van der Waals surface area contributed by atoms with E-state index in [0.717, 1.165) is 33.8 Å². The Morgan fingerprint density at radius 2 is 2.05 bits per heavy atom. The maximum atomic E-state index is 12.1. The van der Waals surface area contributed by atoms with Gasteiger partial charge < -0.3 is 10.6 Å². The molecule has 0 fully saturated rings. The summed E-state index contributed by atoms with van der Waals surface area (Å²) in [4.78, 5) is 14.0. The van der Waals surface area contributed by atoms with Crippen molar-refractivity contribution in [1.29, 1.82) is 0 Å². The van der Waals surface area contributed by atoms with Crippen LogP contribution in [0.5, 0.6) is 0 Å². The van der Waals surface area contributed by atoms with Crippen LogP contribution in [0.15, 0.2) is 30.3 Å². The van der Waals surface area contributed by atoms with E-state index in [-0.39, 0.29) is 18.3 Å². The van der Waals surface area contributed by atoms with Crippen molar-refractivity contribution in [2.24, 2.45) is 0 Å². The van der Waals surface area contributed by atoms with Crippen LogP contribution in [0.4, 0.5) is 0 Å². The monoisotopic (exact) mass is 358 g/mol. The van der Waals surface area contributed by atoms with Gasteiger partial charge in [0.1, 0.15) is 0 Å². The number of hydrogen-bond acceptors (Lipinski definition) is 3. The molecule has 0 unspecified atom stereocenters. The van der Waals surface area contributed by atoms with Crippen LogP contribution in [0.3, 0.4) is 0 Å². The zero-order valence-electron chi connectivity index (χ0n) is 12.6. The minimum absolute atomic E-state index is 0. The third kappa shape index (κ3) is 4.99. The number of aryl methyl sites for hydroxylation is 1. The topological polar surface area (TPSA) is 41.1 Å². The molecule has 1 heterocycles. The molecule has 0 atom stereocenters. The Bertz CT molecular complexity index is 628. The molecular formula is C16H20Cl2N2OS. The summed E-state index contributed by atoms with van der Waals surface area (Å²) in [5.41, 5.74) is 2.15. The second-order valence-corrected chi connectivity index (χ2v) is 6.33. The van der Waals surface area contributed by atoms with Crippen molar-refractivity contribution in [2.45, 2.75) is 13.3 Å². The van der Waals surface area contributed by atoms with Gasteiger partial charge in [-0.3, -0.25) is 4.79 Å². The first kappa shape index (κ1) is 19.0. The molecule has 1 aromatic carbocycles. The van der Waals surface area contributed by atoms with E-state index in [1.165, 1.54) is 11.3 Å². The molecule has 0 aliphatic carbocycles. The highest BCUT2D eigenvalue weighted by atomic mass is 35.5. The zero-order chi connectivity index (χ0) is 15.2. The van der Waals surface area contributed by atoms with Crippen LogP contribution in [0.25, 0.3) is 10.4 Å². The molecule has 0 aliphatic rings. The van der Waals surface area contributed by atoms with E-state index in [0.29, 0.717) is 11.6 Å². The minimum Gasteiger partial charge on any atom is -0.351 e. The number of halogens is 2. The van der Waals surface area contributed by atoms with Gasteiger partial charge in [-0.25, -0.2) is 0 Å². The molecule has 0 bridgehead atoms. The normalized spacial score (nSPS) is 10.1. The van der Waals surface area contributed by atoms with Crippen molar-refractivity contribution in [3.8, 4) is 10.4 Å². The Hall–Kier alpha value is -1.07. The van der Waals surface area contributed by atoms with Crippen LogP contribution in [-0.2, 0) is 0 Å². The molecule has 120 valence electrons. The lowest BCUT2D eigenvalue weighted by Gasteiger charge is -2.02. The Morgan fingerprint density at radius 1 is 1.27 bits per heavy atom. The first-order valence-electron chi connectivity index (χ1n) is 6.91. The number of benzene rings is 1. The van der Waals surface area contributed by atoms with Crippen molar-refractivity contribution in [3.63, 3.8) is 0 Å². The zero-order valence-corrected chi connectivity index (χ0v) is 15.0. The second kappa shape index (κ2) is 9.16. The summed E-state index contributed by atoms with van der Waals surface area (Å²) in [5, 5.41) is 6.71. The average molecular weight is 359 g/mol. The Kier molecular flexibility index (Phi) is 7.90. The lowest BCUT2D eigenvalue weighted by Crippen LogP contribution is -2.25. The van der Waals surface area contributed by atoms with E-state index >= 15 is 0 Å². The SMILES string of the molecule is CNCCCNC(=O)c1cc(C)c(-c2cccc(Cl)c2)s1.Cl. The molecule has 1 aromatic heterocycles. The van der Waals surface area contributed by atoms with Crippen LogP contribution in [0.1, 0.15) is 21.7 Å². The van der Waals surface area contributed by atoms with Gasteiger partial charge in [-0.2, -0.15) is 0 Å². The van der Waals surface area contributed by atoms with Gasteiger partial charge in [0.25, 0.3) is 5.91 Å². The quantitative estimate of drug-likeness (QED) is 0.761. The average Bonchev–Trinajstić information content (AvgIpc) is 2.85. The molecule has 2 N–H and O–H groups in total. The summed E-state index contributed by atoms with van der Waals surface area (Å²) >= 11 is 7.54. The summed E-state index contributed by atoms with van der Waals surface area (Å²) in [6.45, 7) is 3.60. The van der Waals surface area contributed by atoms with Crippen molar-refractivity contribution < 1.29 is 4.79 Å². The van der Waals surface area contributed by atoms with Gasteiger partial charge in [0, 0.05) is 16.4 Å². The molecule has 2 aromatic rings. The van der Waals surface area contributed by atoms with Gasteiger partial charge in [-0.05, 0) is 56.3 Å². The molecular weight excluding hydrogens is 339 g/mol. The fourth-order valence-electron chi connectivity index (χ4n) is 2.06. The van der Waals surface area contributed by atoms with Crippen LogP contribution in [-0.4, -0.2) is 26.0 Å². The van der Waals surface area contributed by atoms with E-state index in [2.05, 4.69) is 10.6 Å². The number of rotatable bonds is 6. The lowest BCUT2D eigenvalue weighted by molar-refractivity contribution is 0.0957. The molecule has 0 saturated carbocycles. The van der Waals surface area contributed by atoms with Gasteiger partial charge in [-0.15, -0.1) is 23.7 Å². The van der Waals surface area contributed by atoms with Gasteiger partial charge in [0.15, 0.2) is 0 Å². The Labute approximate surface area is 146 Å². The summed E-state index contributed by atoms with van der Waals surface area (Å²) < 4.78 is 0. The van der Waals surface area contributed by atoms with E-state index in [9.17, 15) is 4.79 Å². The molecule has 0 saturated heterocycles. The minimum atomic E-state index is -0.00696. The van der Waals surface area contributed by atoms with E-state index in [4.69, 9.17) is 11.6 Å². The highest BCUT2D eigenvalue weighted by Crippen LogP contribution is 2.33. The van der Waals surface area contributed by atoms with Crippen LogP contribution in [0.2, 0.25) is 5.02 Å². The van der Waals surface area contributed by atoms with Gasteiger partial charge >= 0.3 is 0 Å². The predicted octanol–water partition coefficient (Wildman–Crippen LogP) is 4.14. The summed E-state index contributed by atoms with van der Waals surface area (Å²) in [7, 11) is 1.90. The first-order valence-corrected chi connectivity index (χ1v) is 8.10. The predicted molar refractivity (Wildman–Crippen MR) is 97.6 cm³/mol. The molecule has 22 heavy (non-hydrogen) atoms. The summed E-state index contributed by atoms with van der Waals surface area (Å²) in [5.74, 6) is -0.00696. The summed E-state index contributed by atoms with van der Waals surface area (Å²) in [6.07, 6.45) is 0.924. The second-order valence-electron chi connectivity index (χ2n) is 4.85. The Morgan fingerprint density at radius 3 is 2.73 bits per heavy atom. The smallest absolute Gasteiger partial charge is 0.261 e. The van der Waals surface area contributed by atoms with Crippen molar-refractivity contribution in [2.75, 3.05) is 20.1 Å². The fraction of sp³-hybridized carbons (Fsp3) is 0.312. The third-order valence-electron chi connectivity index (χ3n) is 3.12. The maximum absolute atomic E-state index is 12.1. The number of hydrogen-bond donors (Lipinski definition) is 2. The van der Waals surface area contributed by atoms with Crippen molar-refractivity contribution >= 4 is 41.3 Å². The molecule has 6 heteroatoms. The van der Waals surface area contributed by atoms with Crippen LogP contribution < -0.4 is 10.6 Å². The number of carbonyl (C=O) groups excluding carboxylic acids is 1. The fourth-order valence-corrected chi connectivity index (χ4v) is 3.34. The van der Waals surface area contributed by atoms with E-state index in [1.807, 2.05) is 44.3 Å². The lowest BCUT2D eigenvalue weighted by atomic mass is 10.1. The number of carbonyl (C=O) groups is 1. The molecule has 0 radical (unpaired) electrons. The molecule has 2 rings (SSSR count). The van der Waals surface area contributed by atoms with Gasteiger partial charge in [0.05, 0.1) is 4.88 Å². The standard InChI is InChI=1S/C16H19ClN2OS.ClH/c1-11-9-14(16(20)19-8-4-7-18-2)21-15(11)12-5-3-6-13(17)10-12;/h3,5-6,9-10,18H,4,7-8H2,1-2H3,(H,19,20);1H. The largest absolute Gasteiger partial charge is 0.351 e. The van der Waals surface area contributed by atoms with E-state index in [1.54, 1.807) is 0 Å². The van der Waals surface area contributed by atoms with Crippen LogP contribution in [0, 0.1) is 6.92 Å². The van der Waals surface area contributed by atoms with Crippen LogP contribution >= 0.6 is 35.3 Å². The van der Waals surface area contributed by atoms with E-state index < -0.39 is 0 Å². The molecule has 1 amide bonds. The first-order chi connectivity index (χ1) is 10.1. The van der Waals surface area contributed by atoms with Gasteiger partial charge in [-0.1, -0.05) is 23.7 Å².